The van der Waals surface area contributed by atoms with Gasteiger partial charge in [0.25, 0.3) is 0 Å². The fourth-order valence-electron chi connectivity index (χ4n) is 4.37. The molecule has 3 aliphatic rings. The summed E-state index contributed by atoms with van der Waals surface area (Å²) in [6, 6.07) is 0.372. The number of nitrogens with zero attached hydrogens (tertiary/aromatic N) is 4. The molecule has 0 spiro atoms. The van der Waals surface area contributed by atoms with E-state index in [2.05, 4.69) is 20.4 Å². The number of aromatic nitrogens is 4. The molecule has 0 unspecified atom stereocenters. The number of hydrogen-bond acceptors (Lipinski definition) is 8. The lowest BCUT2D eigenvalue weighted by Crippen LogP contribution is -2.30. The van der Waals surface area contributed by atoms with Crippen LogP contribution in [0.5, 0.6) is 0 Å². The molecule has 0 radical (unpaired) electrons. The molecule has 1 saturated carbocycles. The first-order chi connectivity index (χ1) is 13.4. The summed E-state index contributed by atoms with van der Waals surface area (Å²) >= 11 is 6.20. The van der Waals surface area contributed by atoms with Gasteiger partial charge in [-0.05, 0) is 38.3 Å². The number of halogens is 1. The van der Waals surface area contributed by atoms with E-state index in [-0.39, 0.29) is 5.28 Å². The quantitative estimate of drug-likeness (QED) is 0.609. The summed E-state index contributed by atoms with van der Waals surface area (Å²) in [4.78, 5) is 20.2. The normalized spacial score (nSPS) is 32.1. The minimum absolute atomic E-state index is 0.125. The van der Waals surface area contributed by atoms with Crippen LogP contribution in [0.25, 0.3) is 11.0 Å². The maximum atomic E-state index is 11.5. The first-order valence-corrected chi connectivity index (χ1v) is 9.97. The third-order valence-electron chi connectivity index (χ3n) is 5.56. The molecule has 2 aromatic heterocycles. The Morgan fingerprint density at radius 3 is 2.75 bits per heavy atom. The van der Waals surface area contributed by atoms with Crippen molar-refractivity contribution in [3.8, 4) is 0 Å². The molecule has 9 nitrogen and oxygen atoms in total. The van der Waals surface area contributed by atoms with Gasteiger partial charge in [0.1, 0.15) is 24.1 Å². The summed E-state index contributed by atoms with van der Waals surface area (Å²) < 4.78 is 19.4. The molecule has 1 N–H and O–H groups in total. The van der Waals surface area contributed by atoms with Gasteiger partial charge in [0.05, 0.1) is 11.6 Å². The van der Waals surface area contributed by atoms with E-state index in [1.807, 2.05) is 13.8 Å². The number of hydrogen-bond donors (Lipinski definition) is 1. The van der Waals surface area contributed by atoms with E-state index in [1.54, 1.807) is 10.9 Å². The Morgan fingerprint density at radius 1 is 1.25 bits per heavy atom. The third-order valence-corrected chi connectivity index (χ3v) is 5.73. The minimum Gasteiger partial charge on any atom is -0.367 e. The zero-order chi connectivity index (χ0) is 19.5. The summed E-state index contributed by atoms with van der Waals surface area (Å²) in [5.41, 5.74) is 0.532. The molecule has 1 aliphatic carbocycles. The predicted molar refractivity (Wildman–Crippen MR) is 100 cm³/mol. The van der Waals surface area contributed by atoms with Gasteiger partial charge in [0.15, 0.2) is 23.9 Å². The lowest BCUT2D eigenvalue weighted by atomic mass is 10.1. The first-order valence-electron chi connectivity index (χ1n) is 9.59. The van der Waals surface area contributed by atoms with Gasteiger partial charge in [-0.2, -0.15) is 15.1 Å². The van der Waals surface area contributed by atoms with Gasteiger partial charge in [-0.3, -0.25) is 0 Å². The topological polar surface area (TPSA) is 100 Å². The fraction of sp³-hybridized carbons (Fsp3) is 0.667. The van der Waals surface area contributed by atoms with Crippen LogP contribution in [0.2, 0.25) is 5.28 Å². The van der Waals surface area contributed by atoms with E-state index < -0.39 is 30.3 Å². The molecule has 28 heavy (non-hydrogen) atoms. The summed E-state index contributed by atoms with van der Waals surface area (Å²) in [6.07, 6.45) is 4.70. The zero-order valence-electron chi connectivity index (χ0n) is 15.7. The van der Waals surface area contributed by atoms with E-state index in [0.717, 1.165) is 24.5 Å². The van der Waals surface area contributed by atoms with Gasteiger partial charge in [0, 0.05) is 6.04 Å². The van der Waals surface area contributed by atoms with E-state index in [1.165, 1.54) is 12.8 Å². The number of rotatable bonds is 4. The number of fused-ring (bicyclic) bond motifs is 2. The smallest absolute Gasteiger partial charge is 0.226 e. The lowest BCUT2D eigenvalue weighted by Gasteiger charge is -2.23. The fourth-order valence-corrected chi connectivity index (χ4v) is 4.54. The van der Waals surface area contributed by atoms with Crippen LogP contribution in [-0.2, 0) is 19.0 Å². The number of anilines is 1. The number of carbonyl (C=O) groups excluding carboxylic acids is 1. The zero-order valence-corrected chi connectivity index (χ0v) is 16.4. The second-order valence-corrected chi connectivity index (χ2v) is 8.32. The second kappa shape index (κ2) is 6.62. The monoisotopic (exact) mass is 407 g/mol. The summed E-state index contributed by atoms with van der Waals surface area (Å²) in [7, 11) is 0. The van der Waals surface area contributed by atoms with Crippen LogP contribution in [0, 0.1) is 0 Å². The molecule has 2 aliphatic heterocycles. The van der Waals surface area contributed by atoms with Gasteiger partial charge in [-0.1, -0.05) is 12.8 Å². The van der Waals surface area contributed by atoms with Gasteiger partial charge in [-0.15, -0.1) is 0 Å². The molecule has 2 saturated heterocycles. The molecule has 3 fully saturated rings. The molecule has 2 aromatic rings. The molecular weight excluding hydrogens is 386 g/mol. The van der Waals surface area contributed by atoms with Crippen molar-refractivity contribution in [2.24, 2.45) is 0 Å². The Labute approximate surface area is 166 Å². The largest absolute Gasteiger partial charge is 0.367 e. The molecule has 150 valence electrons. The van der Waals surface area contributed by atoms with Crippen molar-refractivity contribution in [2.45, 2.75) is 75.9 Å². The molecule has 0 bridgehead atoms. The highest BCUT2D eigenvalue weighted by Gasteiger charge is 2.56. The van der Waals surface area contributed by atoms with E-state index in [0.29, 0.717) is 17.5 Å². The van der Waals surface area contributed by atoms with Crippen LogP contribution in [-0.4, -0.2) is 56.2 Å². The van der Waals surface area contributed by atoms with Crippen molar-refractivity contribution < 1.29 is 19.0 Å². The van der Waals surface area contributed by atoms with Crippen LogP contribution in [0.4, 0.5) is 5.82 Å². The Kier molecular flexibility index (Phi) is 4.31. The highest BCUT2D eigenvalue weighted by molar-refractivity contribution is 6.28. The van der Waals surface area contributed by atoms with E-state index >= 15 is 0 Å². The maximum absolute atomic E-state index is 11.5. The van der Waals surface area contributed by atoms with Gasteiger partial charge in [-0.25, -0.2) is 4.68 Å². The Balaban J connectivity index is 1.53. The van der Waals surface area contributed by atoms with Crippen molar-refractivity contribution in [3.05, 3.63) is 11.5 Å². The standard InChI is InChI=1S/C18H22ClN5O4/c1-18(2)27-12-11(8-25)26-16(13(12)28-18)24-15-10(7-20-24)14(22-17(19)23-15)21-9-5-3-4-6-9/h7-9,11-13,16H,3-6H2,1-2H3,(H,21,22,23)/t11-,12-,13-,16-/m1/s1. The van der Waals surface area contributed by atoms with Crippen LogP contribution in [0.3, 0.4) is 0 Å². The molecule has 5 rings (SSSR count). The second-order valence-electron chi connectivity index (χ2n) is 7.99. The van der Waals surface area contributed by atoms with Gasteiger partial charge in [0.2, 0.25) is 5.28 Å². The Bertz CT molecular complexity index is 913. The SMILES string of the molecule is CC1(C)O[C@@H]2[C@H](O1)[C@@H](C=O)O[C@H]2n1ncc2c(NC3CCCC3)nc(Cl)nc21. The summed E-state index contributed by atoms with van der Waals surface area (Å²) in [5, 5.41) is 8.81. The minimum atomic E-state index is -0.802. The molecule has 10 heteroatoms. The van der Waals surface area contributed by atoms with Gasteiger partial charge < -0.3 is 24.3 Å². The van der Waals surface area contributed by atoms with Crippen molar-refractivity contribution in [3.63, 3.8) is 0 Å². The highest BCUT2D eigenvalue weighted by atomic mass is 35.5. The number of nitrogens with one attached hydrogen (secondary N) is 1. The molecular formula is C18H22ClN5O4. The average molecular weight is 408 g/mol. The first kappa shape index (κ1) is 18.2. The Hall–Kier alpha value is -1.81. The van der Waals surface area contributed by atoms with E-state index in [4.69, 9.17) is 25.8 Å². The summed E-state index contributed by atoms with van der Waals surface area (Å²) in [6.45, 7) is 3.63. The summed E-state index contributed by atoms with van der Waals surface area (Å²) in [5.74, 6) is -0.137. The van der Waals surface area contributed by atoms with Crippen LogP contribution in [0.15, 0.2) is 6.20 Å². The Morgan fingerprint density at radius 2 is 2.00 bits per heavy atom. The lowest BCUT2D eigenvalue weighted by molar-refractivity contribution is -0.195. The molecule has 4 heterocycles. The predicted octanol–water partition coefficient (Wildman–Crippen LogP) is 2.45. The van der Waals surface area contributed by atoms with Crippen LogP contribution in [0.1, 0.15) is 45.8 Å². The average Bonchev–Trinajstić information content (AvgIpc) is 3.38. The maximum Gasteiger partial charge on any atom is 0.226 e. The van der Waals surface area contributed by atoms with Crippen molar-refractivity contribution in [2.75, 3.05) is 5.32 Å². The van der Waals surface area contributed by atoms with Crippen molar-refractivity contribution in [1.82, 2.24) is 19.7 Å². The molecule has 0 amide bonds. The van der Waals surface area contributed by atoms with Gasteiger partial charge >= 0.3 is 0 Å². The number of ether oxygens (including phenoxy) is 3. The molecule has 4 atom stereocenters. The highest BCUT2D eigenvalue weighted by Crippen LogP contribution is 2.43. The molecule has 0 aromatic carbocycles. The third kappa shape index (κ3) is 2.97. The number of aldehydes is 1. The van der Waals surface area contributed by atoms with E-state index in [9.17, 15) is 4.79 Å². The van der Waals surface area contributed by atoms with Crippen molar-refractivity contribution >= 4 is 34.7 Å². The van der Waals surface area contributed by atoms with Crippen LogP contribution >= 0.6 is 11.6 Å². The van der Waals surface area contributed by atoms with Crippen molar-refractivity contribution in [1.29, 1.82) is 0 Å². The number of carbonyl (C=O) groups is 1. The van der Waals surface area contributed by atoms with Crippen LogP contribution < -0.4 is 5.32 Å².